The van der Waals surface area contributed by atoms with E-state index in [1.807, 2.05) is 39.0 Å². The number of aryl methyl sites for hydroxylation is 3. The molecule has 0 spiro atoms. The van der Waals surface area contributed by atoms with Gasteiger partial charge in [0.2, 0.25) is 5.91 Å². The van der Waals surface area contributed by atoms with Crippen LogP contribution in [0.5, 0.6) is 0 Å². The molecule has 2 aromatic rings. The molecule has 0 saturated carbocycles. The SMILES string of the molecule is Cc1ccc(C)c(NC(=O)CCCC(=O)OCC(=O)Nc2cc(Cl)c(Br)cc2C)c1. The molecule has 0 aromatic heterocycles. The summed E-state index contributed by atoms with van der Waals surface area (Å²) >= 11 is 9.34. The predicted molar refractivity (Wildman–Crippen MR) is 122 cm³/mol. The number of hydrogen-bond donors (Lipinski definition) is 2. The van der Waals surface area contributed by atoms with Crippen molar-refractivity contribution in [1.82, 2.24) is 0 Å². The summed E-state index contributed by atoms with van der Waals surface area (Å²) in [6.45, 7) is 5.29. The first-order valence-corrected chi connectivity index (χ1v) is 10.6. The van der Waals surface area contributed by atoms with Crippen LogP contribution in [-0.2, 0) is 19.1 Å². The molecule has 2 amide bonds. The number of rotatable bonds is 8. The molecule has 2 N–H and O–H groups in total. The third kappa shape index (κ3) is 7.46. The smallest absolute Gasteiger partial charge is 0.306 e. The maximum Gasteiger partial charge on any atom is 0.306 e. The molecule has 2 aromatic carbocycles. The van der Waals surface area contributed by atoms with E-state index < -0.39 is 18.5 Å². The molecular formula is C22H24BrClN2O4. The highest BCUT2D eigenvalue weighted by Gasteiger charge is 2.12. The van der Waals surface area contributed by atoms with Gasteiger partial charge in [-0.05, 0) is 78.0 Å². The number of carbonyl (C=O) groups is 3. The Kier molecular flexibility index (Phi) is 8.87. The van der Waals surface area contributed by atoms with Crippen molar-refractivity contribution in [1.29, 1.82) is 0 Å². The Morgan fingerprint density at radius 3 is 2.33 bits per heavy atom. The summed E-state index contributed by atoms with van der Waals surface area (Å²) in [7, 11) is 0. The summed E-state index contributed by atoms with van der Waals surface area (Å²) in [6, 6.07) is 9.23. The van der Waals surface area contributed by atoms with Crippen LogP contribution >= 0.6 is 27.5 Å². The van der Waals surface area contributed by atoms with Gasteiger partial charge in [-0.1, -0.05) is 23.7 Å². The lowest BCUT2D eigenvalue weighted by Crippen LogP contribution is -2.21. The highest BCUT2D eigenvalue weighted by atomic mass is 79.9. The van der Waals surface area contributed by atoms with E-state index in [9.17, 15) is 14.4 Å². The van der Waals surface area contributed by atoms with E-state index in [1.54, 1.807) is 12.1 Å². The molecule has 0 aliphatic heterocycles. The second kappa shape index (κ2) is 11.1. The molecule has 0 aliphatic carbocycles. The Bertz CT molecular complexity index is 962. The second-order valence-corrected chi connectivity index (χ2v) is 8.27. The Morgan fingerprint density at radius 1 is 0.933 bits per heavy atom. The van der Waals surface area contributed by atoms with E-state index >= 15 is 0 Å². The Hall–Kier alpha value is -2.38. The molecule has 0 bridgehead atoms. The molecule has 0 heterocycles. The normalized spacial score (nSPS) is 10.4. The molecule has 0 saturated heterocycles. The van der Waals surface area contributed by atoms with Crippen LogP contribution in [0.1, 0.15) is 36.0 Å². The van der Waals surface area contributed by atoms with Crippen molar-refractivity contribution in [2.24, 2.45) is 0 Å². The summed E-state index contributed by atoms with van der Waals surface area (Å²) in [5.74, 6) is -1.16. The van der Waals surface area contributed by atoms with Gasteiger partial charge in [0.1, 0.15) is 0 Å². The first kappa shape index (κ1) is 23.9. The van der Waals surface area contributed by atoms with Crippen molar-refractivity contribution in [2.45, 2.75) is 40.0 Å². The number of ether oxygens (including phenoxy) is 1. The monoisotopic (exact) mass is 494 g/mol. The third-order valence-corrected chi connectivity index (χ3v) is 5.55. The van der Waals surface area contributed by atoms with E-state index in [4.69, 9.17) is 16.3 Å². The first-order chi connectivity index (χ1) is 14.2. The number of nitrogens with one attached hydrogen (secondary N) is 2. The zero-order valence-electron chi connectivity index (χ0n) is 17.1. The van der Waals surface area contributed by atoms with E-state index in [1.165, 1.54) is 0 Å². The van der Waals surface area contributed by atoms with Crippen molar-refractivity contribution >= 4 is 56.7 Å². The summed E-state index contributed by atoms with van der Waals surface area (Å²) in [6.07, 6.45) is 0.570. The molecule has 30 heavy (non-hydrogen) atoms. The summed E-state index contributed by atoms with van der Waals surface area (Å²) in [5, 5.41) is 5.97. The van der Waals surface area contributed by atoms with Crippen molar-refractivity contribution in [2.75, 3.05) is 17.2 Å². The maximum absolute atomic E-state index is 12.1. The maximum atomic E-state index is 12.1. The number of halogens is 2. The van der Waals surface area contributed by atoms with Crippen LogP contribution in [0, 0.1) is 20.8 Å². The molecule has 0 atom stereocenters. The summed E-state index contributed by atoms with van der Waals surface area (Å²) in [4.78, 5) is 35.9. The van der Waals surface area contributed by atoms with Gasteiger partial charge in [0.25, 0.3) is 5.91 Å². The van der Waals surface area contributed by atoms with Crippen LogP contribution in [0.25, 0.3) is 0 Å². The number of anilines is 2. The van der Waals surface area contributed by atoms with Gasteiger partial charge in [0, 0.05) is 28.7 Å². The minimum atomic E-state index is -0.532. The number of hydrogen-bond acceptors (Lipinski definition) is 4. The fourth-order valence-electron chi connectivity index (χ4n) is 2.66. The van der Waals surface area contributed by atoms with E-state index in [0.29, 0.717) is 17.1 Å². The average Bonchev–Trinajstić information content (AvgIpc) is 2.67. The van der Waals surface area contributed by atoms with E-state index in [2.05, 4.69) is 26.6 Å². The minimum Gasteiger partial charge on any atom is -0.456 e. The molecule has 6 nitrogen and oxygen atoms in total. The third-order valence-electron chi connectivity index (χ3n) is 4.36. The zero-order chi connectivity index (χ0) is 22.3. The zero-order valence-corrected chi connectivity index (χ0v) is 19.4. The van der Waals surface area contributed by atoms with Gasteiger partial charge in [-0.25, -0.2) is 0 Å². The standard InChI is InChI=1S/C22H24BrClN2O4/c1-13-7-8-14(2)18(9-13)25-20(27)5-4-6-22(29)30-12-21(28)26-19-11-17(24)16(23)10-15(19)3/h7-11H,4-6,12H2,1-3H3,(H,25,27)(H,26,28). The van der Waals surface area contributed by atoms with Gasteiger partial charge in [-0.3, -0.25) is 14.4 Å². The largest absolute Gasteiger partial charge is 0.456 e. The van der Waals surface area contributed by atoms with Crippen LogP contribution in [0.4, 0.5) is 11.4 Å². The molecule has 0 unspecified atom stereocenters. The molecule has 0 radical (unpaired) electrons. The number of carbonyl (C=O) groups excluding carboxylic acids is 3. The lowest BCUT2D eigenvalue weighted by molar-refractivity contribution is -0.147. The molecule has 160 valence electrons. The van der Waals surface area contributed by atoms with Gasteiger partial charge >= 0.3 is 5.97 Å². The Labute approximate surface area is 189 Å². The van der Waals surface area contributed by atoms with E-state index in [-0.39, 0.29) is 18.7 Å². The van der Waals surface area contributed by atoms with E-state index in [0.717, 1.165) is 26.9 Å². The van der Waals surface area contributed by atoms with Crippen LogP contribution < -0.4 is 10.6 Å². The second-order valence-electron chi connectivity index (χ2n) is 7.01. The van der Waals surface area contributed by atoms with Gasteiger partial charge in [0.15, 0.2) is 6.61 Å². The lowest BCUT2D eigenvalue weighted by Gasteiger charge is -2.11. The van der Waals surface area contributed by atoms with Crippen LogP contribution in [0.3, 0.4) is 0 Å². The minimum absolute atomic E-state index is 0.0522. The number of esters is 1. The molecule has 0 aliphatic rings. The van der Waals surface area contributed by atoms with Crippen molar-refractivity contribution in [3.8, 4) is 0 Å². The fourth-order valence-corrected chi connectivity index (χ4v) is 3.28. The summed E-state index contributed by atoms with van der Waals surface area (Å²) in [5.41, 5.74) is 4.16. The van der Waals surface area contributed by atoms with Gasteiger partial charge in [0.05, 0.1) is 5.02 Å². The Morgan fingerprint density at radius 2 is 1.60 bits per heavy atom. The fraction of sp³-hybridized carbons (Fsp3) is 0.318. The van der Waals surface area contributed by atoms with Crippen molar-refractivity contribution in [3.63, 3.8) is 0 Å². The average molecular weight is 496 g/mol. The van der Waals surface area contributed by atoms with Crippen molar-refractivity contribution < 1.29 is 19.1 Å². The van der Waals surface area contributed by atoms with Crippen LogP contribution in [-0.4, -0.2) is 24.4 Å². The number of amides is 2. The number of benzene rings is 2. The highest BCUT2D eigenvalue weighted by molar-refractivity contribution is 9.10. The van der Waals surface area contributed by atoms with Crippen LogP contribution in [0.15, 0.2) is 34.8 Å². The van der Waals surface area contributed by atoms with Gasteiger partial charge in [-0.2, -0.15) is 0 Å². The Balaban J connectivity index is 1.71. The van der Waals surface area contributed by atoms with Crippen molar-refractivity contribution in [3.05, 3.63) is 56.5 Å². The van der Waals surface area contributed by atoms with Crippen LogP contribution in [0.2, 0.25) is 5.02 Å². The van der Waals surface area contributed by atoms with Gasteiger partial charge in [-0.15, -0.1) is 0 Å². The molecule has 8 heteroatoms. The van der Waals surface area contributed by atoms with Gasteiger partial charge < -0.3 is 15.4 Å². The quantitative estimate of drug-likeness (QED) is 0.486. The molecule has 2 rings (SSSR count). The molecule has 0 fully saturated rings. The molecular weight excluding hydrogens is 472 g/mol. The predicted octanol–water partition coefficient (Wildman–Crippen LogP) is 5.32. The topological polar surface area (TPSA) is 84.5 Å². The lowest BCUT2D eigenvalue weighted by atomic mass is 10.1. The first-order valence-electron chi connectivity index (χ1n) is 9.44. The summed E-state index contributed by atoms with van der Waals surface area (Å²) < 4.78 is 5.71. The highest BCUT2D eigenvalue weighted by Crippen LogP contribution is 2.28.